The van der Waals surface area contributed by atoms with E-state index >= 15 is 0 Å². The number of aryl methyl sites for hydroxylation is 1. The van der Waals surface area contributed by atoms with Crippen molar-refractivity contribution < 1.29 is 13.2 Å². The fourth-order valence-electron chi connectivity index (χ4n) is 2.76. The molecule has 0 aliphatic carbocycles. The Morgan fingerprint density at radius 1 is 1.20 bits per heavy atom. The van der Waals surface area contributed by atoms with Gasteiger partial charge in [-0.25, -0.2) is 8.42 Å². The summed E-state index contributed by atoms with van der Waals surface area (Å²) in [5.41, 5.74) is 1.06. The number of hydrogen-bond acceptors (Lipinski definition) is 4. The van der Waals surface area contributed by atoms with E-state index in [2.05, 4.69) is 24.1 Å². The molecule has 6 nitrogen and oxygen atoms in total. The van der Waals surface area contributed by atoms with E-state index in [0.29, 0.717) is 49.8 Å². The van der Waals surface area contributed by atoms with Crippen molar-refractivity contribution in [1.29, 1.82) is 0 Å². The molecule has 140 valence electrons. The van der Waals surface area contributed by atoms with E-state index in [1.165, 1.54) is 10.4 Å². The third-order valence-electron chi connectivity index (χ3n) is 4.54. The Hall–Kier alpha value is -1.44. The van der Waals surface area contributed by atoms with Gasteiger partial charge in [-0.05, 0) is 44.0 Å². The lowest BCUT2D eigenvalue weighted by Gasteiger charge is -2.32. The number of hydrogen-bond donors (Lipinski definition) is 1. The van der Waals surface area contributed by atoms with Gasteiger partial charge in [0.2, 0.25) is 10.0 Å². The molecular weight excluding hydrogens is 338 g/mol. The fraction of sp³-hybridized carbons (Fsp3) is 0.611. The van der Waals surface area contributed by atoms with Crippen molar-refractivity contribution in [2.45, 2.75) is 32.1 Å². The van der Waals surface area contributed by atoms with E-state index in [1.807, 2.05) is 7.05 Å². The lowest BCUT2D eigenvalue weighted by atomic mass is 10.1. The lowest BCUT2D eigenvalue weighted by Crippen LogP contribution is -2.47. The first-order valence-electron chi connectivity index (χ1n) is 8.79. The van der Waals surface area contributed by atoms with Crippen molar-refractivity contribution >= 4 is 15.9 Å². The molecule has 1 aromatic carbocycles. The highest BCUT2D eigenvalue weighted by atomic mass is 32.2. The first-order valence-corrected chi connectivity index (χ1v) is 10.2. The van der Waals surface area contributed by atoms with Gasteiger partial charge in [0.1, 0.15) is 0 Å². The molecule has 1 amide bonds. The van der Waals surface area contributed by atoms with Crippen LogP contribution in [0, 0.1) is 12.8 Å². The van der Waals surface area contributed by atoms with E-state index < -0.39 is 10.0 Å². The summed E-state index contributed by atoms with van der Waals surface area (Å²) in [6.45, 7) is 8.93. The van der Waals surface area contributed by atoms with Gasteiger partial charge in [-0.2, -0.15) is 4.31 Å². The van der Waals surface area contributed by atoms with Crippen molar-refractivity contribution in [1.82, 2.24) is 14.5 Å². The zero-order chi connectivity index (χ0) is 18.6. The van der Waals surface area contributed by atoms with Crippen LogP contribution < -0.4 is 5.32 Å². The maximum atomic E-state index is 13.0. The van der Waals surface area contributed by atoms with Crippen LogP contribution >= 0.6 is 0 Å². The monoisotopic (exact) mass is 367 g/mol. The van der Waals surface area contributed by atoms with Crippen LogP contribution in [0.5, 0.6) is 0 Å². The maximum absolute atomic E-state index is 13.0. The number of amides is 1. The smallest absolute Gasteiger partial charge is 0.251 e. The standard InChI is InChI=1S/C18H29N3O3S/c1-14(2)7-8-19-18(22)16-6-5-15(3)17(13-16)25(23,24)21-11-9-20(4)10-12-21/h5-6,13-14H,7-12H2,1-4H3,(H,19,22). The van der Waals surface area contributed by atoms with Crippen molar-refractivity contribution in [2.75, 3.05) is 39.8 Å². The number of rotatable bonds is 6. The van der Waals surface area contributed by atoms with Gasteiger partial charge in [-0.15, -0.1) is 0 Å². The molecule has 1 aliphatic rings. The molecule has 0 bridgehead atoms. The highest BCUT2D eigenvalue weighted by Crippen LogP contribution is 2.22. The average Bonchev–Trinajstić information content (AvgIpc) is 2.55. The Morgan fingerprint density at radius 2 is 1.84 bits per heavy atom. The second-order valence-electron chi connectivity index (χ2n) is 7.13. The van der Waals surface area contributed by atoms with Crippen molar-refractivity contribution in [3.8, 4) is 0 Å². The number of likely N-dealkylation sites (N-methyl/N-ethyl adjacent to an activating group) is 1. The molecule has 1 aliphatic heterocycles. The Morgan fingerprint density at radius 3 is 2.44 bits per heavy atom. The Balaban J connectivity index is 2.19. The minimum atomic E-state index is -3.58. The number of benzene rings is 1. The lowest BCUT2D eigenvalue weighted by molar-refractivity contribution is 0.0952. The van der Waals surface area contributed by atoms with Gasteiger partial charge in [-0.3, -0.25) is 4.79 Å². The molecule has 1 N–H and O–H groups in total. The molecule has 7 heteroatoms. The Kier molecular flexibility index (Phi) is 6.59. The zero-order valence-corrected chi connectivity index (χ0v) is 16.4. The average molecular weight is 368 g/mol. The Bertz CT molecular complexity index is 708. The normalized spacial score (nSPS) is 17.0. The number of carbonyl (C=O) groups is 1. The predicted octanol–water partition coefficient (Wildman–Crippen LogP) is 1.71. The molecule has 0 radical (unpaired) electrons. The van der Waals surface area contributed by atoms with Gasteiger partial charge in [0.25, 0.3) is 5.91 Å². The first-order chi connectivity index (χ1) is 11.7. The van der Waals surface area contributed by atoms with Gasteiger partial charge >= 0.3 is 0 Å². The molecule has 0 aromatic heterocycles. The predicted molar refractivity (Wildman–Crippen MR) is 99.2 cm³/mol. The van der Waals surface area contributed by atoms with E-state index in [9.17, 15) is 13.2 Å². The van der Waals surface area contributed by atoms with E-state index in [4.69, 9.17) is 0 Å². The minimum Gasteiger partial charge on any atom is -0.352 e. The SMILES string of the molecule is Cc1ccc(C(=O)NCCC(C)C)cc1S(=O)(=O)N1CCN(C)CC1. The number of carbonyl (C=O) groups excluding carboxylic acids is 1. The zero-order valence-electron chi connectivity index (χ0n) is 15.6. The van der Waals surface area contributed by atoms with Crippen LogP contribution in [0.3, 0.4) is 0 Å². The minimum absolute atomic E-state index is 0.226. The summed E-state index contributed by atoms with van der Waals surface area (Å²) in [6, 6.07) is 4.90. The number of nitrogens with zero attached hydrogens (tertiary/aromatic N) is 2. The second-order valence-corrected chi connectivity index (χ2v) is 9.03. The molecule has 1 aromatic rings. The van der Waals surface area contributed by atoms with Gasteiger partial charge in [-0.1, -0.05) is 19.9 Å². The Labute approximate surface area is 151 Å². The van der Waals surface area contributed by atoms with Crippen LogP contribution in [0.2, 0.25) is 0 Å². The second kappa shape index (κ2) is 8.29. The molecule has 0 spiro atoms. The number of piperazine rings is 1. The summed E-state index contributed by atoms with van der Waals surface area (Å²) in [5, 5.41) is 2.86. The molecule has 0 atom stereocenters. The van der Waals surface area contributed by atoms with Crippen LogP contribution in [0.25, 0.3) is 0 Å². The van der Waals surface area contributed by atoms with Crippen LogP contribution in [0.4, 0.5) is 0 Å². The van der Waals surface area contributed by atoms with Gasteiger partial charge in [0, 0.05) is 38.3 Å². The summed E-state index contributed by atoms with van der Waals surface area (Å²) in [7, 11) is -1.60. The molecule has 2 rings (SSSR count). The molecule has 1 heterocycles. The van der Waals surface area contributed by atoms with E-state index in [-0.39, 0.29) is 10.8 Å². The number of nitrogens with one attached hydrogen (secondary N) is 1. The van der Waals surface area contributed by atoms with E-state index in [1.54, 1.807) is 19.1 Å². The van der Waals surface area contributed by atoms with Crippen LogP contribution in [0.15, 0.2) is 23.1 Å². The van der Waals surface area contributed by atoms with Crippen molar-refractivity contribution in [2.24, 2.45) is 5.92 Å². The topological polar surface area (TPSA) is 69.7 Å². The highest BCUT2D eigenvalue weighted by molar-refractivity contribution is 7.89. The molecule has 1 saturated heterocycles. The summed E-state index contributed by atoms with van der Waals surface area (Å²) in [4.78, 5) is 14.6. The fourth-order valence-corrected chi connectivity index (χ4v) is 4.44. The molecule has 0 saturated carbocycles. The maximum Gasteiger partial charge on any atom is 0.251 e. The molecule has 1 fully saturated rings. The molecular formula is C18H29N3O3S. The summed E-state index contributed by atoms with van der Waals surface area (Å²) in [5.74, 6) is 0.280. The van der Waals surface area contributed by atoms with E-state index in [0.717, 1.165) is 6.42 Å². The van der Waals surface area contributed by atoms with Crippen molar-refractivity contribution in [3.05, 3.63) is 29.3 Å². The third-order valence-corrected chi connectivity index (χ3v) is 6.58. The highest BCUT2D eigenvalue weighted by Gasteiger charge is 2.29. The van der Waals surface area contributed by atoms with Crippen LogP contribution in [0.1, 0.15) is 36.2 Å². The van der Waals surface area contributed by atoms with Gasteiger partial charge in [0.15, 0.2) is 0 Å². The van der Waals surface area contributed by atoms with Crippen LogP contribution in [-0.4, -0.2) is 63.3 Å². The van der Waals surface area contributed by atoms with Crippen molar-refractivity contribution in [3.63, 3.8) is 0 Å². The molecule has 0 unspecified atom stereocenters. The van der Waals surface area contributed by atoms with Gasteiger partial charge in [0.05, 0.1) is 4.90 Å². The quantitative estimate of drug-likeness (QED) is 0.831. The summed E-state index contributed by atoms with van der Waals surface area (Å²) >= 11 is 0. The largest absolute Gasteiger partial charge is 0.352 e. The van der Waals surface area contributed by atoms with Gasteiger partial charge < -0.3 is 10.2 Å². The molecule has 25 heavy (non-hydrogen) atoms. The third kappa shape index (κ3) is 5.03. The summed E-state index contributed by atoms with van der Waals surface area (Å²) < 4.78 is 27.4. The summed E-state index contributed by atoms with van der Waals surface area (Å²) in [6.07, 6.45) is 0.893. The van der Waals surface area contributed by atoms with Crippen LogP contribution in [-0.2, 0) is 10.0 Å². The number of sulfonamides is 1. The first kappa shape index (κ1) is 19.9.